The Balaban J connectivity index is 1.83. The number of methoxy groups -OCH3 is 3. The Morgan fingerprint density at radius 1 is 1.00 bits per heavy atom. The van der Waals surface area contributed by atoms with Crippen LogP contribution >= 0.6 is 0 Å². The van der Waals surface area contributed by atoms with Crippen LogP contribution in [0.3, 0.4) is 0 Å². The topological polar surface area (TPSA) is 83.1 Å². The molecular formula is C28H31NO6. The Morgan fingerprint density at radius 2 is 1.77 bits per heavy atom. The van der Waals surface area contributed by atoms with E-state index in [1.54, 1.807) is 33.5 Å². The highest BCUT2D eigenvalue weighted by molar-refractivity contribution is 6.04. The zero-order valence-electron chi connectivity index (χ0n) is 20.6. The minimum Gasteiger partial charge on any atom is -0.497 e. The number of allylic oxidation sites excluding steroid dienone is 3. The summed E-state index contributed by atoms with van der Waals surface area (Å²) in [6.45, 7) is 2.24. The quantitative estimate of drug-likeness (QED) is 0.449. The van der Waals surface area contributed by atoms with Crippen molar-refractivity contribution in [2.24, 2.45) is 0 Å². The van der Waals surface area contributed by atoms with Gasteiger partial charge in [-0.25, -0.2) is 4.79 Å². The molecular weight excluding hydrogens is 446 g/mol. The maximum Gasteiger partial charge on any atom is 0.336 e. The van der Waals surface area contributed by atoms with E-state index in [2.05, 4.69) is 17.4 Å². The van der Waals surface area contributed by atoms with Gasteiger partial charge in [0.25, 0.3) is 0 Å². The fourth-order valence-corrected chi connectivity index (χ4v) is 4.94. The molecule has 0 unspecified atom stereocenters. The Hall–Kier alpha value is -3.58. The summed E-state index contributed by atoms with van der Waals surface area (Å²) in [5.74, 6) is 0.0965. The number of esters is 1. The van der Waals surface area contributed by atoms with Gasteiger partial charge in [-0.05, 0) is 43.0 Å². The van der Waals surface area contributed by atoms with Gasteiger partial charge >= 0.3 is 5.97 Å². The van der Waals surface area contributed by atoms with Crippen LogP contribution in [0.25, 0.3) is 0 Å². The van der Waals surface area contributed by atoms with Gasteiger partial charge < -0.3 is 24.3 Å². The second-order valence-electron chi connectivity index (χ2n) is 8.66. The third-order valence-corrected chi connectivity index (χ3v) is 6.59. The minimum absolute atomic E-state index is 0.00262. The molecule has 184 valence electrons. The zero-order chi connectivity index (χ0) is 24.9. The van der Waals surface area contributed by atoms with Crippen LogP contribution in [0.15, 0.2) is 71.1 Å². The van der Waals surface area contributed by atoms with Crippen molar-refractivity contribution in [3.63, 3.8) is 0 Å². The molecule has 1 aliphatic heterocycles. The molecule has 1 heterocycles. The summed E-state index contributed by atoms with van der Waals surface area (Å²) in [6.07, 6.45) is 1.02. The highest BCUT2D eigenvalue weighted by atomic mass is 16.6. The molecule has 0 saturated carbocycles. The van der Waals surface area contributed by atoms with Crippen LogP contribution in [-0.4, -0.2) is 46.3 Å². The number of ketones is 1. The van der Waals surface area contributed by atoms with E-state index in [0.717, 1.165) is 11.3 Å². The molecule has 2 atom stereocenters. The van der Waals surface area contributed by atoms with Crippen LogP contribution in [0.1, 0.15) is 42.7 Å². The molecule has 2 aliphatic rings. The monoisotopic (exact) mass is 477 g/mol. The highest BCUT2D eigenvalue weighted by Gasteiger charge is 2.42. The van der Waals surface area contributed by atoms with Crippen molar-refractivity contribution in [1.29, 1.82) is 0 Å². The maximum absolute atomic E-state index is 13.7. The third-order valence-electron chi connectivity index (χ3n) is 6.59. The van der Waals surface area contributed by atoms with Gasteiger partial charge in [0.2, 0.25) is 0 Å². The highest BCUT2D eigenvalue weighted by Crippen LogP contribution is 2.48. The molecule has 35 heavy (non-hydrogen) atoms. The maximum atomic E-state index is 13.7. The van der Waals surface area contributed by atoms with Crippen molar-refractivity contribution in [2.75, 3.05) is 34.5 Å². The summed E-state index contributed by atoms with van der Waals surface area (Å²) in [5, 5.41) is 3.37. The van der Waals surface area contributed by atoms with E-state index in [1.807, 2.05) is 31.2 Å². The van der Waals surface area contributed by atoms with Gasteiger partial charge in [-0.3, -0.25) is 4.79 Å². The standard InChI is InChI=1S/C28H31NO6/c1-17-25(28(31)35-13-12-32-2)26(21-16-20(33-3)10-11-24(21)34-4)27-22(29-17)14-19(15-23(27)30)18-8-6-5-7-9-18/h5-11,16,19,26,29H,12-15H2,1-4H3/t19-,26+/m0/s1. The molecule has 2 aromatic rings. The van der Waals surface area contributed by atoms with Crippen LogP contribution < -0.4 is 14.8 Å². The first-order chi connectivity index (χ1) is 17.0. The molecule has 0 fully saturated rings. The molecule has 2 aromatic carbocycles. The van der Waals surface area contributed by atoms with Gasteiger partial charge in [0.05, 0.1) is 32.3 Å². The number of ether oxygens (including phenoxy) is 4. The second-order valence-corrected chi connectivity index (χ2v) is 8.66. The minimum atomic E-state index is -0.643. The first-order valence-electron chi connectivity index (χ1n) is 11.6. The molecule has 1 N–H and O–H groups in total. The first-order valence-corrected chi connectivity index (χ1v) is 11.6. The summed E-state index contributed by atoms with van der Waals surface area (Å²) in [7, 11) is 4.70. The van der Waals surface area contributed by atoms with E-state index in [9.17, 15) is 9.59 Å². The summed E-state index contributed by atoms with van der Waals surface area (Å²) in [4.78, 5) is 27.0. The zero-order valence-corrected chi connectivity index (χ0v) is 20.6. The Kier molecular flexibility index (Phi) is 7.56. The molecule has 0 bridgehead atoms. The SMILES string of the molecule is COCCOC(=O)C1=C(C)NC2=C(C(=O)C[C@@H](c3ccccc3)C2)[C@@H]1c1cc(OC)ccc1OC. The molecule has 0 radical (unpaired) electrons. The number of hydrogen-bond donors (Lipinski definition) is 1. The number of nitrogens with one attached hydrogen (secondary N) is 1. The number of rotatable bonds is 8. The van der Waals surface area contributed by atoms with Crippen molar-refractivity contribution in [3.8, 4) is 11.5 Å². The number of carbonyl (C=O) groups excluding carboxylic acids is 2. The van der Waals surface area contributed by atoms with Crippen molar-refractivity contribution < 1.29 is 28.5 Å². The molecule has 0 aromatic heterocycles. The van der Waals surface area contributed by atoms with Gasteiger partial charge in [0.15, 0.2) is 5.78 Å². The number of Topliss-reactive ketones (excluding diaryl/α,β-unsaturated/α-hetero) is 1. The van der Waals surface area contributed by atoms with E-state index in [4.69, 9.17) is 18.9 Å². The van der Waals surface area contributed by atoms with Crippen LogP contribution in [0.2, 0.25) is 0 Å². The lowest BCUT2D eigenvalue weighted by Crippen LogP contribution is -2.36. The smallest absolute Gasteiger partial charge is 0.336 e. The van der Waals surface area contributed by atoms with E-state index in [1.165, 1.54) is 0 Å². The second kappa shape index (κ2) is 10.8. The summed E-state index contributed by atoms with van der Waals surface area (Å²) < 4.78 is 21.7. The van der Waals surface area contributed by atoms with E-state index in [-0.39, 0.29) is 24.9 Å². The predicted molar refractivity (Wildman–Crippen MR) is 131 cm³/mol. The van der Waals surface area contributed by atoms with Crippen LogP contribution in [0.4, 0.5) is 0 Å². The van der Waals surface area contributed by atoms with E-state index in [0.29, 0.717) is 46.7 Å². The fraction of sp³-hybridized carbons (Fsp3) is 0.357. The van der Waals surface area contributed by atoms with Crippen molar-refractivity contribution in [2.45, 2.75) is 31.6 Å². The van der Waals surface area contributed by atoms with Gasteiger partial charge in [-0.2, -0.15) is 0 Å². The van der Waals surface area contributed by atoms with Crippen LogP contribution in [0.5, 0.6) is 11.5 Å². The average molecular weight is 478 g/mol. The molecule has 1 aliphatic carbocycles. The van der Waals surface area contributed by atoms with Crippen molar-refractivity contribution in [1.82, 2.24) is 5.32 Å². The van der Waals surface area contributed by atoms with E-state index < -0.39 is 11.9 Å². The largest absolute Gasteiger partial charge is 0.497 e. The van der Waals surface area contributed by atoms with Gasteiger partial charge in [0.1, 0.15) is 18.1 Å². The molecule has 0 spiro atoms. The predicted octanol–water partition coefficient (Wildman–Crippen LogP) is 4.26. The van der Waals surface area contributed by atoms with E-state index >= 15 is 0 Å². The van der Waals surface area contributed by atoms with Crippen LogP contribution in [-0.2, 0) is 19.1 Å². The normalized spacial score (nSPS) is 19.7. The van der Waals surface area contributed by atoms with Crippen LogP contribution in [0, 0.1) is 0 Å². The summed E-state index contributed by atoms with van der Waals surface area (Å²) in [6, 6.07) is 15.5. The molecule has 4 rings (SSSR count). The first kappa shape index (κ1) is 24.5. The van der Waals surface area contributed by atoms with Crippen molar-refractivity contribution in [3.05, 3.63) is 82.2 Å². The number of benzene rings is 2. The Bertz CT molecular complexity index is 1170. The lowest BCUT2D eigenvalue weighted by molar-refractivity contribution is -0.140. The Labute approximate surface area is 205 Å². The van der Waals surface area contributed by atoms with Gasteiger partial charge in [-0.1, -0.05) is 30.3 Å². The lowest BCUT2D eigenvalue weighted by Gasteiger charge is -2.37. The van der Waals surface area contributed by atoms with Crippen molar-refractivity contribution >= 4 is 11.8 Å². The fourth-order valence-electron chi connectivity index (χ4n) is 4.94. The lowest BCUT2D eigenvalue weighted by atomic mass is 9.71. The number of dihydropyridines is 1. The van der Waals surface area contributed by atoms with Gasteiger partial charge in [-0.15, -0.1) is 0 Å². The van der Waals surface area contributed by atoms with Gasteiger partial charge in [0, 0.05) is 36.1 Å². The molecule has 7 nitrogen and oxygen atoms in total. The molecule has 7 heteroatoms. The molecule has 0 amide bonds. The third kappa shape index (κ3) is 4.95. The number of carbonyl (C=O) groups is 2. The summed E-state index contributed by atoms with van der Waals surface area (Å²) >= 11 is 0. The number of hydrogen-bond acceptors (Lipinski definition) is 7. The molecule has 0 saturated heterocycles. The average Bonchev–Trinajstić information content (AvgIpc) is 2.87. The Morgan fingerprint density at radius 3 is 2.46 bits per heavy atom. The summed E-state index contributed by atoms with van der Waals surface area (Å²) in [5.41, 5.74) is 4.26.